The molecule has 2 N–H and O–H groups in total. The minimum absolute atomic E-state index is 0.109. The highest BCUT2D eigenvalue weighted by molar-refractivity contribution is 6.31. The van der Waals surface area contributed by atoms with Crippen molar-refractivity contribution in [3.05, 3.63) is 29.0 Å². The Morgan fingerprint density at radius 2 is 2.07 bits per heavy atom. The number of pyridine rings is 1. The number of halogens is 1. The predicted octanol–water partition coefficient (Wildman–Crippen LogP) is 2.90. The van der Waals surface area contributed by atoms with E-state index in [1.165, 1.54) is 24.8 Å². The normalized spacial score (nSPS) is 20.1. The Balaban J connectivity index is 2.36. The molecule has 3 heteroatoms. The fourth-order valence-electron chi connectivity index (χ4n) is 2.62. The maximum atomic E-state index is 6.21. The topological polar surface area (TPSA) is 38.9 Å². The Bertz CT molecular complexity index is 332. The lowest BCUT2D eigenvalue weighted by Crippen LogP contribution is -2.37. The van der Waals surface area contributed by atoms with Gasteiger partial charge < -0.3 is 5.73 Å². The van der Waals surface area contributed by atoms with Crippen LogP contribution < -0.4 is 5.73 Å². The molecule has 1 aromatic heterocycles. The summed E-state index contributed by atoms with van der Waals surface area (Å²) >= 11 is 6.21. The summed E-state index contributed by atoms with van der Waals surface area (Å²) in [6.45, 7) is 0.691. The summed E-state index contributed by atoms with van der Waals surface area (Å²) in [5.41, 5.74) is 7.27. The van der Waals surface area contributed by atoms with E-state index >= 15 is 0 Å². The molecule has 0 bridgehead atoms. The number of hydrogen-bond acceptors (Lipinski definition) is 2. The van der Waals surface area contributed by atoms with E-state index in [0.29, 0.717) is 6.54 Å². The molecule has 0 aromatic carbocycles. The zero-order valence-corrected chi connectivity index (χ0v) is 9.63. The second-order valence-corrected chi connectivity index (χ2v) is 4.81. The number of hydrogen-bond donors (Lipinski definition) is 1. The summed E-state index contributed by atoms with van der Waals surface area (Å²) < 4.78 is 0. The Kier molecular flexibility index (Phi) is 3.27. The van der Waals surface area contributed by atoms with E-state index in [0.717, 1.165) is 17.9 Å². The molecule has 0 radical (unpaired) electrons. The van der Waals surface area contributed by atoms with Crippen molar-refractivity contribution in [1.29, 1.82) is 0 Å². The van der Waals surface area contributed by atoms with Gasteiger partial charge in [0.25, 0.3) is 0 Å². The highest BCUT2D eigenvalue weighted by atomic mass is 35.5. The van der Waals surface area contributed by atoms with Crippen LogP contribution in [0, 0.1) is 0 Å². The summed E-state index contributed by atoms with van der Waals surface area (Å²) in [6, 6.07) is 2.03. The molecular weight excluding hydrogens is 208 g/mol. The Morgan fingerprint density at radius 1 is 1.33 bits per heavy atom. The SMILES string of the molecule is NCC1(c2ccncc2Cl)CCCCC1. The molecule has 82 valence electrons. The molecule has 0 unspecified atom stereocenters. The molecule has 1 fully saturated rings. The summed E-state index contributed by atoms with van der Waals surface area (Å²) in [5, 5.41) is 0.768. The standard InChI is InChI=1S/C12H17ClN2/c13-11-8-15-7-4-10(11)12(9-14)5-2-1-3-6-12/h4,7-8H,1-3,5-6,9,14H2. The number of rotatable bonds is 2. The van der Waals surface area contributed by atoms with Crippen molar-refractivity contribution in [3.8, 4) is 0 Å². The van der Waals surface area contributed by atoms with Crippen molar-refractivity contribution in [1.82, 2.24) is 4.98 Å². The third-order valence-corrected chi connectivity index (χ3v) is 3.85. The van der Waals surface area contributed by atoms with E-state index in [1.807, 2.05) is 12.3 Å². The molecule has 2 rings (SSSR count). The third-order valence-electron chi connectivity index (χ3n) is 3.55. The van der Waals surface area contributed by atoms with Gasteiger partial charge in [-0.25, -0.2) is 0 Å². The van der Waals surface area contributed by atoms with Gasteiger partial charge >= 0.3 is 0 Å². The molecule has 1 saturated carbocycles. The van der Waals surface area contributed by atoms with Gasteiger partial charge in [-0.15, -0.1) is 0 Å². The summed E-state index contributed by atoms with van der Waals surface area (Å²) in [5.74, 6) is 0. The molecule has 0 spiro atoms. The molecule has 2 nitrogen and oxygen atoms in total. The van der Waals surface area contributed by atoms with Crippen molar-refractivity contribution in [2.75, 3.05) is 6.54 Å². The summed E-state index contributed by atoms with van der Waals surface area (Å²) in [4.78, 5) is 4.03. The van der Waals surface area contributed by atoms with Gasteiger partial charge in [0, 0.05) is 24.4 Å². The van der Waals surface area contributed by atoms with E-state index in [4.69, 9.17) is 17.3 Å². The molecule has 15 heavy (non-hydrogen) atoms. The van der Waals surface area contributed by atoms with E-state index in [1.54, 1.807) is 6.20 Å². The largest absolute Gasteiger partial charge is 0.330 e. The smallest absolute Gasteiger partial charge is 0.0627 e. The average Bonchev–Trinajstić information content (AvgIpc) is 2.30. The van der Waals surface area contributed by atoms with Crippen LogP contribution in [0.1, 0.15) is 37.7 Å². The minimum Gasteiger partial charge on any atom is -0.330 e. The fraction of sp³-hybridized carbons (Fsp3) is 0.583. The lowest BCUT2D eigenvalue weighted by Gasteiger charge is -2.37. The van der Waals surface area contributed by atoms with Crippen molar-refractivity contribution >= 4 is 11.6 Å². The van der Waals surface area contributed by atoms with E-state index < -0.39 is 0 Å². The van der Waals surface area contributed by atoms with Gasteiger partial charge in [0.2, 0.25) is 0 Å². The van der Waals surface area contributed by atoms with Crippen LogP contribution in [-0.2, 0) is 5.41 Å². The van der Waals surface area contributed by atoms with Gasteiger partial charge in [-0.2, -0.15) is 0 Å². The zero-order chi connectivity index (χ0) is 10.7. The van der Waals surface area contributed by atoms with Gasteiger partial charge in [0.15, 0.2) is 0 Å². The third kappa shape index (κ3) is 2.01. The van der Waals surface area contributed by atoms with Crippen LogP contribution >= 0.6 is 11.6 Å². The fourth-order valence-corrected chi connectivity index (χ4v) is 2.94. The average molecular weight is 225 g/mol. The van der Waals surface area contributed by atoms with Gasteiger partial charge in [0.1, 0.15) is 0 Å². The number of aromatic nitrogens is 1. The number of nitrogens with two attached hydrogens (primary N) is 1. The van der Waals surface area contributed by atoms with Crippen LogP contribution in [0.3, 0.4) is 0 Å². The van der Waals surface area contributed by atoms with Crippen LogP contribution in [0.15, 0.2) is 18.5 Å². The van der Waals surface area contributed by atoms with Gasteiger partial charge in [-0.3, -0.25) is 4.98 Å². The highest BCUT2D eigenvalue weighted by Crippen LogP contribution is 2.41. The lowest BCUT2D eigenvalue weighted by molar-refractivity contribution is 0.301. The zero-order valence-electron chi connectivity index (χ0n) is 8.88. The molecule has 1 aliphatic carbocycles. The Labute approximate surface area is 95.8 Å². The quantitative estimate of drug-likeness (QED) is 0.839. The summed E-state index contributed by atoms with van der Waals surface area (Å²) in [7, 11) is 0. The minimum atomic E-state index is 0.109. The molecule has 0 atom stereocenters. The highest BCUT2D eigenvalue weighted by Gasteiger charge is 2.33. The van der Waals surface area contributed by atoms with Gasteiger partial charge in [0.05, 0.1) is 5.02 Å². The van der Waals surface area contributed by atoms with Crippen molar-refractivity contribution in [2.45, 2.75) is 37.5 Å². The Hall–Kier alpha value is -0.600. The van der Waals surface area contributed by atoms with Crippen LogP contribution in [0.2, 0.25) is 5.02 Å². The van der Waals surface area contributed by atoms with Crippen molar-refractivity contribution in [3.63, 3.8) is 0 Å². The van der Waals surface area contributed by atoms with Gasteiger partial charge in [-0.05, 0) is 24.5 Å². The maximum Gasteiger partial charge on any atom is 0.0627 e. The Morgan fingerprint density at radius 3 is 2.67 bits per heavy atom. The maximum absolute atomic E-state index is 6.21. The molecular formula is C12H17ClN2. The lowest BCUT2D eigenvalue weighted by atomic mass is 9.70. The van der Waals surface area contributed by atoms with Crippen LogP contribution in [0.4, 0.5) is 0 Å². The number of nitrogens with zero attached hydrogens (tertiary/aromatic N) is 1. The van der Waals surface area contributed by atoms with E-state index in [-0.39, 0.29) is 5.41 Å². The van der Waals surface area contributed by atoms with E-state index in [2.05, 4.69) is 4.98 Å². The van der Waals surface area contributed by atoms with Crippen LogP contribution in [0.25, 0.3) is 0 Å². The molecule has 0 amide bonds. The summed E-state index contributed by atoms with van der Waals surface area (Å²) in [6.07, 6.45) is 9.70. The molecule has 1 heterocycles. The first kappa shape index (κ1) is 10.9. The second kappa shape index (κ2) is 4.50. The van der Waals surface area contributed by atoms with E-state index in [9.17, 15) is 0 Å². The second-order valence-electron chi connectivity index (χ2n) is 4.40. The van der Waals surface area contributed by atoms with Crippen molar-refractivity contribution in [2.24, 2.45) is 5.73 Å². The first-order valence-corrected chi connectivity index (χ1v) is 5.96. The molecule has 0 aliphatic heterocycles. The monoisotopic (exact) mass is 224 g/mol. The van der Waals surface area contributed by atoms with Crippen LogP contribution in [0.5, 0.6) is 0 Å². The first-order valence-electron chi connectivity index (χ1n) is 5.58. The molecule has 0 saturated heterocycles. The van der Waals surface area contributed by atoms with Crippen LogP contribution in [-0.4, -0.2) is 11.5 Å². The molecule has 1 aromatic rings. The first-order chi connectivity index (χ1) is 7.28. The van der Waals surface area contributed by atoms with Gasteiger partial charge in [-0.1, -0.05) is 30.9 Å². The van der Waals surface area contributed by atoms with Crippen molar-refractivity contribution < 1.29 is 0 Å². The predicted molar refractivity (Wildman–Crippen MR) is 63.1 cm³/mol. The molecule has 1 aliphatic rings.